The fourth-order valence-electron chi connectivity index (χ4n) is 0.927. The first kappa shape index (κ1) is 10.4. The number of hydrogen-bond donors (Lipinski definition) is 1. The second kappa shape index (κ2) is 3.72. The smallest absolute Gasteiger partial charge is 0.303 e. The molecule has 0 aliphatic carbocycles. The molecule has 66 valence electrons. The quantitative estimate of drug-likeness (QED) is 0.629. The summed E-state index contributed by atoms with van der Waals surface area (Å²) < 4.78 is 4.88. The largest absolute Gasteiger partial charge is 0.460 e. The molecule has 11 heavy (non-hydrogen) atoms. The van der Waals surface area contributed by atoms with E-state index in [-0.39, 0.29) is 5.97 Å². The maximum Gasteiger partial charge on any atom is 0.303 e. The predicted molar refractivity (Wildman–Crippen MR) is 42.1 cm³/mol. The van der Waals surface area contributed by atoms with Crippen molar-refractivity contribution in [3.05, 3.63) is 0 Å². The minimum absolute atomic E-state index is 0.348. The molecule has 0 aromatic carbocycles. The van der Waals surface area contributed by atoms with Gasteiger partial charge >= 0.3 is 5.97 Å². The van der Waals surface area contributed by atoms with Gasteiger partial charge in [-0.3, -0.25) is 4.79 Å². The molecular weight excluding hydrogens is 144 g/mol. The molecule has 0 amide bonds. The van der Waals surface area contributed by atoms with E-state index in [9.17, 15) is 9.90 Å². The highest BCUT2D eigenvalue weighted by Crippen LogP contribution is 2.15. The first-order valence-corrected chi connectivity index (χ1v) is 3.77. The fraction of sp³-hybridized carbons (Fsp3) is 0.875. The van der Waals surface area contributed by atoms with Crippen LogP contribution in [0.15, 0.2) is 0 Å². The van der Waals surface area contributed by atoms with Gasteiger partial charge in [-0.2, -0.15) is 0 Å². The Labute approximate surface area is 67.4 Å². The highest BCUT2D eigenvalue weighted by atomic mass is 16.6. The van der Waals surface area contributed by atoms with Crippen LogP contribution in [0.1, 0.15) is 34.1 Å². The summed E-state index contributed by atoms with van der Waals surface area (Å²) in [5, 5.41) is 9.45. The Balaban J connectivity index is 4.07. The van der Waals surface area contributed by atoms with Gasteiger partial charge in [-0.1, -0.05) is 6.92 Å². The molecule has 3 heteroatoms. The Bertz CT molecular complexity index is 135. The van der Waals surface area contributed by atoms with Gasteiger partial charge in [0.05, 0.1) is 5.60 Å². The van der Waals surface area contributed by atoms with Crippen molar-refractivity contribution >= 4 is 5.97 Å². The standard InChI is InChI=1S/C8H16O3/c1-5-7(8(3,4)10)11-6(2)9/h7,10H,5H2,1-4H3. The van der Waals surface area contributed by atoms with Gasteiger partial charge in [0.1, 0.15) is 6.10 Å². The van der Waals surface area contributed by atoms with Crippen LogP contribution in [-0.2, 0) is 9.53 Å². The number of carbonyl (C=O) groups is 1. The summed E-state index contributed by atoms with van der Waals surface area (Å²) >= 11 is 0. The summed E-state index contributed by atoms with van der Waals surface area (Å²) in [5.74, 6) is -0.348. The van der Waals surface area contributed by atoms with Crippen molar-refractivity contribution in [1.29, 1.82) is 0 Å². The minimum atomic E-state index is -0.944. The van der Waals surface area contributed by atoms with Gasteiger partial charge in [0, 0.05) is 6.92 Å². The summed E-state index contributed by atoms with van der Waals surface area (Å²) in [6.45, 7) is 6.47. The second-order valence-electron chi connectivity index (χ2n) is 3.16. The van der Waals surface area contributed by atoms with Crippen LogP contribution in [0, 0.1) is 0 Å². The molecule has 0 heterocycles. The van der Waals surface area contributed by atoms with Gasteiger partial charge in [-0.25, -0.2) is 0 Å². The van der Waals surface area contributed by atoms with Crippen LogP contribution >= 0.6 is 0 Å². The Morgan fingerprint density at radius 3 is 2.18 bits per heavy atom. The van der Waals surface area contributed by atoms with E-state index in [4.69, 9.17) is 4.74 Å². The van der Waals surface area contributed by atoms with Crippen molar-refractivity contribution in [2.45, 2.75) is 45.8 Å². The first-order chi connectivity index (χ1) is 4.88. The first-order valence-electron chi connectivity index (χ1n) is 3.77. The lowest BCUT2D eigenvalue weighted by Gasteiger charge is -2.27. The average Bonchev–Trinajstić information content (AvgIpc) is 1.79. The topological polar surface area (TPSA) is 46.5 Å². The third kappa shape index (κ3) is 3.98. The Kier molecular flexibility index (Phi) is 3.52. The third-order valence-corrected chi connectivity index (χ3v) is 1.47. The van der Waals surface area contributed by atoms with Crippen LogP contribution in [0.3, 0.4) is 0 Å². The highest BCUT2D eigenvalue weighted by molar-refractivity contribution is 5.66. The molecule has 0 aliphatic heterocycles. The lowest BCUT2D eigenvalue weighted by Crippen LogP contribution is -2.38. The van der Waals surface area contributed by atoms with Crippen molar-refractivity contribution in [2.75, 3.05) is 0 Å². The van der Waals surface area contributed by atoms with Crippen LogP contribution in [-0.4, -0.2) is 22.8 Å². The predicted octanol–water partition coefficient (Wildman–Crippen LogP) is 1.10. The van der Waals surface area contributed by atoms with Crippen LogP contribution in [0.4, 0.5) is 0 Å². The van der Waals surface area contributed by atoms with E-state index in [0.29, 0.717) is 6.42 Å². The van der Waals surface area contributed by atoms with E-state index >= 15 is 0 Å². The highest BCUT2D eigenvalue weighted by Gasteiger charge is 2.27. The lowest BCUT2D eigenvalue weighted by atomic mass is 10.00. The van der Waals surface area contributed by atoms with E-state index in [1.54, 1.807) is 13.8 Å². The zero-order valence-electron chi connectivity index (χ0n) is 7.55. The molecule has 1 N–H and O–H groups in total. The van der Waals surface area contributed by atoms with Crippen LogP contribution in [0.2, 0.25) is 0 Å². The van der Waals surface area contributed by atoms with Gasteiger partial charge in [0.2, 0.25) is 0 Å². The molecule has 0 aliphatic rings. The number of carbonyl (C=O) groups excluding carboxylic acids is 1. The molecule has 0 saturated carbocycles. The normalized spacial score (nSPS) is 14.3. The van der Waals surface area contributed by atoms with E-state index < -0.39 is 11.7 Å². The van der Waals surface area contributed by atoms with Crippen molar-refractivity contribution in [1.82, 2.24) is 0 Å². The SMILES string of the molecule is CCC(OC(C)=O)C(C)(C)O. The van der Waals surface area contributed by atoms with Gasteiger partial charge in [-0.05, 0) is 20.3 Å². The van der Waals surface area contributed by atoms with Gasteiger partial charge in [0.25, 0.3) is 0 Å². The third-order valence-electron chi connectivity index (χ3n) is 1.47. The number of aliphatic hydroxyl groups is 1. The monoisotopic (exact) mass is 160 g/mol. The lowest BCUT2D eigenvalue weighted by molar-refractivity contribution is -0.159. The number of rotatable bonds is 3. The fourth-order valence-corrected chi connectivity index (χ4v) is 0.927. The molecule has 0 spiro atoms. The molecule has 0 saturated heterocycles. The van der Waals surface area contributed by atoms with Crippen LogP contribution in [0.25, 0.3) is 0 Å². The molecule has 1 atom stereocenters. The van der Waals surface area contributed by atoms with E-state index in [0.717, 1.165) is 0 Å². The second-order valence-corrected chi connectivity index (χ2v) is 3.16. The number of esters is 1. The Morgan fingerprint density at radius 2 is 2.09 bits per heavy atom. The van der Waals surface area contributed by atoms with E-state index in [1.807, 2.05) is 6.92 Å². The molecular formula is C8H16O3. The summed E-state index contributed by atoms with van der Waals surface area (Å²) in [7, 11) is 0. The van der Waals surface area contributed by atoms with Crippen molar-refractivity contribution in [2.24, 2.45) is 0 Å². The number of hydrogen-bond acceptors (Lipinski definition) is 3. The molecule has 0 radical (unpaired) electrons. The number of ether oxygens (including phenoxy) is 1. The Hall–Kier alpha value is -0.570. The zero-order valence-corrected chi connectivity index (χ0v) is 7.55. The summed E-state index contributed by atoms with van der Waals surface area (Å²) in [4.78, 5) is 10.5. The molecule has 3 nitrogen and oxygen atoms in total. The molecule has 1 unspecified atom stereocenters. The maximum absolute atomic E-state index is 10.5. The van der Waals surface area contributed by atoms with E-state index in [1.165, 1.54) is 6.92 Å². The zero-order chi connectivity index (χ0) is 9.07. The van der Waals surface area contributed by atoms with Crippen molar-refractivity contribution in [3.63, 3.8) is 0 Å². The average molecular weight is 160 g/mol. The van der Waals surface area contributed by atoms with Crippen molar-refractivity contribution < 1.29 is 14.6 Å². The van der Waals surface area contributed by atoms with Gasteiger partial charge in [0.15, 0.2) is 0 Å². The molecule has 0 bridgehead atoms. The molecule has 0 aromatic heterocycles. The Morgan fingerprint density at radius 1 is 1.64 bits per heavy atom. The van der Waals surface area contributed by atoms with E-state index in [2.05, 4.69) is 0 Å². The van der Waals surface area contributed by atoms with Crippen molar-refractivity contribution in [3.8, 4) is 0 Å². The summed E-state index contributed by atoms with van der Waals surface area (Å²) in [6.07, 6.45) is 0.225. The van der Waals surface area contributed by atoms with Crippen LogP contribution < -0.4 is 0 Å². The maximum atomic E-state index is 10.5. The van der Waals surface area contributed by atoms with Gasteiger partial charge in [-0.15, -0.1) is 0 Å². The molecule has 0 aromatic rings. The van der Waals surface area contributed by atoms with Gasteiger partial charge < -0.3 is 9.84 Å². The molecule has 0 rings (SSSR count). The minimum Gasteiger partial charge on any atom is -0.460 e. The molecule has 0 fully saturated rings. The summed E-state index contributed by atoms with van der Waals surface area (Å²) in [5.41, 5.74) is -0.944. The summed E-state index contributed by atoms with van der Waals surface area (Å²) in [6, 6.07) is 0. The van der Waals surface area contributed by atoms with Crippen LogP contribution in [0.5, 0.6) is 0 Å².